The van der Waals surface area contributed by atoms with E-state index in [1.165, 1.54) is 0 Å². The van der Waals surface area contributed by atoms with E-state index in [9.17, 15) is 8.78 Å². The van der Waals surface area contributed by atoms with Crippen LogP contribution < -0.4 is 0 Å². The van der Waals surface area contributed by atoms with Gasteiger partial charge in [0.1, 0.15) is 6.10 Å². The van der Waals surface area contributed by atoms with Gasteiger partial charge in [0.05, 0.1) is 6.61 Å². The summed E-state index contributed by atoms with van der Waals surface area (Å²) in [7, 11) is 0. The van der Waals surface area contributed by atoms with E-state index in [2.05, 4.69) is 6.58 Å². The van der Waals surface area contributed by atoms with Crippen LogP contribution in [0.25, 0.3) is 0 Å². The van der Waals surface area contributed by atoms with Gasteiger partial charge in [0.15, 0.2) is 0 Å². The Hall–Kier alpha value is -0.480. The van der Waals surface area contributed by atoms with Crippen molar-refractivity contribution in [2.45, 2.75) is 12.5 Å². The van der Waals surface area contributed by atoms with Gasteiger partial charge < -0.3 is 4.74 Å². The van der Waals surface area contributed by atoms with E-state index in [-0.39, 0.29) is 0 Å². The van der Waals surface area contributed by atoms with Gasteiger partial charge in [-0.1, -0.05) is 6.08 Å². The number of rotatable bonds is 3. The van der Waals surface area contributed by atoms with Crippen molar-refractivity contribution in [3.8, 4) is 0 Å². The van der Waals surface area contributed by atoms with Gasteiger partial charge in [0, 0.05) is 19.6 Å². The highest BCUT2D eigenvalue weighted by Gasteiger charge is 2.26. The van der Waals surface area contributed by atoms with Gasteiger partial charge in [-0.25, -0.2) is 8.78 Å². The van der Waals surface area contributed by atoms with Crippen molar-refractivity contribution in [3.05, 3.63) is 12.7 Å². The minimum atomic E-state index is -2.38. The van der Waals surface area contributed by atoms with Crippen molar-refractivity contribution in [1.29, 1.82) is 0 Å². The van der Waals surface area contributed by atoms with Crippen LogP contribution in [0.15, 0.2) is 12.7 Å². The summed E-state index contributed by atoms with van der Waals surface area (Å²) in [6.07, 6.45) is -1.58. The van der Waals surface area contributed by atoms with Gasteiger partial charge in [-0.05, 0) is 0 Å². The summed E-state index contributed by atoms with van der Waals surface area (Å²) in [4.78, 5) is 1.91. The summed E-state index contributed by atoms with van der Waals surface area (Å²) in [5.74, 6) is 0. The number of halogens is 2. The molecule has 0 spiro atoms. The molecule has 0 aromatic heterocycles. The third-order valence-electron chi connectivity index (χ3n) is 1.85. The summed E-state index contributed by atoms with van der Waals surface area (Å²) >= 11 is 0. The minimum absolute atomic E-state index is 0.309. The van der Waals surface area contributed by atoms with Gasteiger partial charge >= 0.3 is 0 Å². The van der Waals surface area contributed by atoms with E-state index >= 15 is 0 Å². The van der Waals surface area contributed by atoms with Crippen molar-refractivity contribution in [3.63, 3.8) is 0 Å². The van der Waals surface area contributed by atoms with Crippen molar-refractivity contribution >= 4 is 0 Å². The van der Waals surface area contributed by atoms with Crippen molar-refractivity contribution < 1.29 is 13.5 Å². The SMILES string of the molecule is C=CCN1CCOC(C(F)F)C1. The number of ether oxygens (including phenoxy) is 1. The monoisotopic (exact) mass is 177 g/mol. The molecular weight excluding hydrogens is 164 g/mol. The minimum Gasteiger partial charge on any atom is -0.370 e. The molecule has 0 bridgehead atoms. The topological polar surface area (TPSA) is 12.5 Å². The van der Waals surface area contributed by atoms with Crippen molar-refractivity contribution in [2.24, 2.45) is 0 Å². The van der Waals surface area contributed by atoms with Crippen LogP contribution in [-0.4, -0.2) is 43.7 Å². The Morgan fingerprint density at radius 1 is 1.67 bits per heavy atom. The zero-order valence-corrected chi connectivity index (χ0v) is 6.88. The first kappa shape index (κ1) is 9.61. The fourth-order valence-electron chi connectivity index (χ4n) is 1.23. The molecule has 1 fully saturated rings. The third-order valence-corrected chi connectivity index (χ3v) is 1.85. The molecule has 1 heterocycles. The van der Waals surface area contributed by atoms with Crippen LogP contribution in [-0.2, 0) is 4.74 Å². The summed E-state index contributed by atoms with van der Waals surface area (Å²) in [6, 6.07) is 0. The van der Waals surface area contributed by atoms with Gasteiger partial charge in [0.25, 0.3) is 6.43 Å². The Kier molecular flexibility index (Phi) is 3.62. The van der Waals surface area contributed by atoms with Crippen LogP contribution in [0.5, 0.6) is 0 Å². The zero-order valence-electron chi connectivity index (χ0n) is 6.88. The Labute approximate surface area is 70.8 Å². The lowest BCUT2D eigenvalue weighted by molar-refractivity contribution is -0.0998. The fourth-order valence-corrected chi connectivity index (χ4v) is 1.23. The summed E-state index contributed by atoms with van der Waals surface area (Å²) in [5, 5.41) is 0. The van der Waals surface area contributed by atoms with Crippen LogP contribution in [0, 0.1) is 0 Å². The summed E-state index contributed by atoms with van der Waals surface area (Å²) in [6.45, 7) is 5.63. The van der Waals surface area contributed by atoms with E-state index in [0.717, 1.165) is 6.54 Å². The third kappa shape index (κ3) is 2.53. The van der Waals surface area contributed by atoms with E-state index in [4.69, 9.17) is 4.74 Å². The zero-order chi connectivity index (χ0) is 8.97. The molecule has 0 aliphatic carbocycles. The highest BCUT2D eigenvalue weighted by atomic mass is 19.3. The molecule has 0 N–H and O–H groups in total. The molecule has 0 amide bonds. The molecule has 70 valence electrons. The first-order chi connectivity index (χ1) is 5.74. The number of hydrogen-bond acceptors (Lipinski definition) is 2. The largest absolute Gasteiger partial charge is 0.370 e. The second kappa shape index (κ2) is 4.52. The standard InChI is InChI=1S/C8H13F2NO/c1-2-3-11-4-5-12-7(6-11)8(9)10/h2,7-8H,1,3-6H2. The molecule has 0 aromatic rings. The molecule has 1 aliphatic heterocycles. The van der Waals surface area contributed by atoms with Crippen molar-refractivity contribution in [1.82, 2.24) is 4.90 Å². The van der Waals surface area contributed by atoms with Crippen molar-refractivity contribution in [2.75, 3.05) is 26.2 Å². The summed E-state index contributed by atoms with van der Waals surface area (Å²) < 4.78 is 29.2. The average Bonchev–Trinajstić information content (AvgIpc) is 2.05. The van der Waals surface area contributed by atoms with Gasteiger partial charge in [-0.3, -0.25) is 4.90 Å². The first-order valence-corrected chi connectivity index (χ1v) is 3.97. The predicted molar refractivity (Wildman–Crippen MR) is 42.4 cm³/mol. The maximum Gasteiger partial charge on any atom is 0.265 e. The first-order valence-electron chi connectivity index (χ1n) is 3.97. The van der Waals surface area contributed by atoms with Crippen LogP contribution in [0.2, 0.25) is 0 Å². The molecule has 1 unspecified atom stereocenters. The van der Waals surface area contributed by atoms with Gasteiger partial charge in [0.2, 0.25) is 0 Å². The Morgan fingerprint density at radius 3 is 3.00 bits per heavy atom. The van der Waals surface area contributed by atoms with Crippen LogP contribution in [0.4, 0.5) is 8.78 Å². The molecule has 0 aromatic carbocycles. The van der Waals surface area contributed by atoms with Crippen LogP contribution in [0.3, 0.4) is 0 Å². The highest BCUT2D eigenvalue weighted by Crippen LogP contribution is 2.11. The molecule has 0 radical (unpaired) electrons. The second-order valence-electron chi connectivity index (χ2n) is 2.79. The molecule has 1 aliphatic rings. The lowest BCUT2D eigenvalue weighted by atomic mass is 10.3. The summed E-state index contributed by atoms with van der Waals surface area (Å²) in [5.41, 5.74) is 0. The molecule has 1 rings (SSSR count). The lowest BCUT2D eigenvalue weighted by Gasteiger charge is -2.31. The number of alkyl halides is 2. The molecule has 0 saturated carbocycles. The molecule has 2 nitrogen and oxygen atoms in total. The molecule has 1 atom stereocenters. The smallest absolute Gasteiger partial charge is 0.265 e. The number of hydrogen-bond donors (Lipinski definition) is 0. The molecular formula is C8H13F2NO. The maximum atomic E-state index is 12.2. The lowest BCUT2D eigenvalue weighted by Crippen LogP contribution is -2.45. The second-order valence-corrected chi connectivity index (χ2v) is 2.79. The quantitative estimate of drug-likeness (QED) is 0.599. The van der Waals surface area contributed by atoms with E-state index < -0.39 is 12.5 Å². The average molecular weight is 177 g/mol. The Balaban J connectivity index is 2.34. The normalized spacial score (nSPS) is 26.1. The predicted octanol–water partition coefficient (Wildman–Crippen LogP) is 1.14. The van der Waals surface area contributed by atoms with Gasteiger partial charge in [-0.15, -0.1) is 6.58 Å². The Morgan fingerprint density at radius 2 is 2.42 bits per heavy atom. The Bertz CT molecular complexity index is 152. The van der Waals surface area contributed by atoms with Crippen LogP contribution >= 0.6 is 0 Å². The molecule has 4 heteroatoms. The maximum absolute atomic E-state index is 12.2. The highest BCUT2D eigenvalue weighted by molar-refractivity contribution is 4.79. The fraction of sp³-hybridized carbons (Fsp3) is 0.750. The van der Waals surface area contributed by atoms with E-state index in [0.29, 0.717) is 19.7 Å². The molecule has 1 saturated heterocycles. The van der Waals surface area contributed by atoms with E-state index in [1.54, 1.807) is 6.08 Å². The van der Waals surface area contributed by atoms with Crippen LogP contribution in [0.1, 0.15) is 0 Å². The van der Waals surface area contributed by atoms with E-state index in [1.807, 2.05) is 4.90 Å². The number of morpholine rings is 1. The molecule has 12 heavy (non-hydrogen) atoms. The van der Waals surface area contributed by atoms with Gasteiger partial charge in [-0.2, -0.15) is 0 Å². The number of nitrogens with zero attached hydrogens (tertiary/aromatic N) is 1.